The van der Waals surface area contributed by atoms with Crippen molar-refractivity contribution in [3.63, 3.8) is 0 Å². The van der Waals surface area contributed by atoms with Gasteiger partial charge in [-0.15, -0.1) is 0 Å². The molecular formula is C26H31N3O2S. The number of hydrogen-bond acceptors (Lipinski definition) is 3. The highest BCUT2D eigenvalue weighted by Gasteiger charge is 2.23. The second-order valence-corrected chi connectivity index (χ2v) is 9.15. The largest absolute Gasteiger partial charge is 0.376 e. The summed E-state index contributed by atoms with van der Waals surface area (Å²) in [4.78, 5) is 18.1. The smallest absolute Gasteiger partial charge is 0.253 e. The molecule has 2 heterocycles. The van der Waals surface area contributed by atoms with Crippen molar-refractivity contribution in [2.24, 2.45) is 0 Å². The number of hydrogen-bond donors (Lipinski definition) is 2. The van der Waals surface area contributed by atoms with Crippen LogP contribution < -0.4 is 10.9 Å². The Bertz CT molecular complexity index is 1150. The average molecular weight is 450 g/mol. The minimum absolute atomic E-state index is 0.0656. The highest BCUT2D eigenvalue weighted by atomic mass is 32.1. The van der Waals surface area contributed by atoms with Crippen molar-refractivity contribution in [3.8, 4) is 0 Å². The van der Waals surface area contributed by atoms with E-state index in [0.717, 1.165) is 41.5 Å². The lowest BCUT2D eigenvalue weighted by Crippen LogP contribution is -2.44. The maximum Gasteiger partial charge on any atom is 0.253 e. The molecule has 1 aliphatic heterocycles. The van der Waals surface area contributed by atoms with Crippen molar-refractivity contribution in [2.45, 2.75) is 52.3 Å². The Hall–Kier alpha value is -2.70. The zero-order valence-corrected chi connectivity index (χ0v) is 19.8. The normalized spacial score (nSPS) is 16.8. The van der Waals surface area contributed by atoms with Crippen molar-refractivity contribution < 1.29 is 4.74 Å². The number of thiocarbonyl (C=S) groups is 1. The van der Waals surface area contributed by atoms with Gasteiger partial charge in [-0.25, -0.2) is 0 Å². The van der Waals surface area contributed by atoms with Crippen LogP contribution in [0.3, 0.4) is 0 Å². The molecule has 0 spiro atoms. The first-order valence-electron chi connectivity index (χ1n) is 11.3. The number of benzene rings is 2. The van der Waals surface area contributed by atoms with Gasteiger partial charge in [0, 0.05) is 29.6 Å². The van der Waals surface area contributed by atoms with Crippen LogP contribution in [0, 0.1) is 13.8 Å². The van der Waals surface area contributed by atoms with Gasteiger partial charge < -0.3 is 19.9 Å². The summed E-state index contributed by atoms with van der Waals surface area (Å²) in [6, 6.07) is 16.5. The lowest BCUT2D eigenvalue weighted by molar-refractivity contribution is 0.0895. The van der Waals surface area contributed by atoms with Gasteiger partial charge >= 0.3 is 0 Å². The van der Waals surface area contributed by atoms with Crippen molar-refractivity contribution >= 4 is 28.2 Å². The Morgan fingerprint density at radius 3 is 2.75 bits per heavy atom. The van der Waals surface area contributed by atoms with Gasteiger partial charge in [0.05, 0.1) is 18.7 Å². The van der Waals surface area contributed by atoms with Crippen LogP contribution in [0.4, 0.5) is 0 Å². The second kappa shape index (κ2) is 9.84. The van der Waals surface area contributed by atoms with Crippen LogP contribution in [-0.2, 0) is 11.3 Å². The van der Waals surface area contributed by atoms with E-state index in [9.17, 15) is 4.79 Å². The molecule has 5 nitrogen and oxygen atoms in total. The van der Waals surface area contributed by atoms with E-state index in [2.05, 4.69) is 47.2 Å². The number of ether oxygens (including phenoxy) is 1. The molecule has 6 heteroatoms. The van der Waals surface area contributed by atoms with Gasteiger partial charge in [-0.2, -0.15) is 0 Å². The number of H-pyrrole nitrogens is 1. The molecule has 1 fully saturated rings. The SMILES string of the molecule is Cc1cc(C)c2cc(CN(C[C@@H]3CCCO3)C(=S)N[C@H](C)c3ccccc3)c(=O)[nH]c2c1. The summed E-state index contributed by atoms with van der Waals surface area (Å²) < 4.78 is 5.88. The van der Waals surface area contributed by atoms with E-state index < -0.39 is 0 Å². The Kier molecular flexibility index (Phi) is 6.92. The van der Waals surface area contributed by atoms with E-state index >= 15 is 0 Å². The fraction of sp³-hybridized carbons (Fsp3) is 0.385. The molecule has 1 aliphatic rings. The summed E-state index contributed by atoms with van der Waals surface area (Å²) >= 11 is 5.81. The van der Waals surface area contributed by atoms with Gasteiger partial charge in [0.1, 0.15) is 0 Å². The summed E-state index contributed by atoms with van der Waals surface area (Å²) in [6.07, 6.45) is 2.21. The van der Waals surface area contributed by atoms with Crippen molar-refractivity contribution in [1.82, 2.24) is 15.2 Å². The summed E-state index contributed by atoms with van der Waals surface area (Å²) in [5, 5.41) is 5.16. The van der Waals surface area contributed by atoms with Crippen LogP contribution in [-0.4, -0.2) is 34.3 Å². The number of aryl methyl sites for hydroxylation is 2. The molecule has 32 heavy (non-hydrogen) atoms. The second-order valence-electron chi connectivity index (χ2n) is 8.76. The quantitative estimate of drug-likeness (QED) is 0.532. The zero-order chi connectivity index (χ0) is 22.7. The summed E-state index contributed by atoms with van der Waals surface area (Å²) in [5.74, 6) is 0. The Morgan fingerprint density at radius 2 is 2.03 bits per heavy atom. The molecule has 4 rings (SSSR count). The number of nitrogens with one attached hydrogen (secondary N) is 2. The minimum Gasteiger partial charge on any atom is -0.376 e. The highest BCUT2D eigenvalue weighted by Crippen LogP contribution is 2.21. The Labute approximate surface area is 194 Å². The number of fused-ring (bicyclic) bond motifs is 1. The third-order valence-electron chi connectivity index (χ3n) is 6.13. The van der Waals surface area contributed by atoms with Crippen LogP contribution in [0.25, 0.3) is 10.9 Å². The maximum atomic E-state index is 12.9. The molecule has 0 saturated carbocycles. The fourth-order valence-corrected chi connectivity index (χ4v) is 4.71. The molecule has 3 aromatic rings. The number of rotatable bonds is 6. The topological polar surface area (TPSA) is 57.4 Å². The third kappa shape index (κ3) is 5.19. The molecule has 2 aromatic carbocycles. The van der Waals surface area contributed by atoms with Crippen LogP contribution in [0.2, 0.25) is 0 Å². The van der Waals surface area contributed by atoms with Gasteiger partial charge in [-0.05, 0) is 74.7 Å². The Morgan fingerprint density at radius 1 is 1.25 bits per heavy atom. The predicted octanol–water partition coefficient (Wildman–Crippen LogP) is 4.76. The molecule has 0 amide bonds. The number of aromatic amines is 1. The van der Waals surface area contributed by atoms with Gasteiger partial charge in [-0.3, -0.25) is 4.79 Å². The molecule has 1 saturated heterocycles. The summed E-state index contributed by atoms with van der Waals surface area (Å²) in [6.45, 7) is 8.10. The molecular weight excluding hydrogens is 418 g/mol. The molecule has 1 aromatic heterocycles. The number of nitrogens with zero attached hydrogens (tertiary/aromatic N) is 1. The van der Waals surface area contributed by atoms with Gasteiger partial charge in [0.25, 0.3) is 5.56 Å². The first-order chi connectivity index (χ1) is 15.4. The van der Waals surface area contributed by atoms with E-state index in [1.807, 2.05) is 37.3 Å². The molecule has 0 aliphatic carbocycles. The number of pyridine rings is 1. The first-order valence-corrected chi connectivity index (χ1v) is 11.7. The minimum atomic E-state index is -0.0706. The van der Waals surface area contributed by atoms with Gasteiger partial charge in [-0.1, -0.05) is 36.4 Å². The molecule has 168 valence electrons. The third-order valence-corrected chi connectivity index (χ3v) is 6.50. The van der Waals surface area contributed by atoms with E-state index in [1.54, 1.807) is 0 Å². The van der Waals surface area contributed by atoms with Crippen LogP contribution in [0.15, 0.2) is 53.3 Å². The van der Waals surface area contributed by atoms with Crippen LogP contribution in [0.5, 0.6) is 0 Å². The number of aromatic nitrogens is 1. The fourth-order valence-electron chi connectivity index (χ4n) is 4.39. The lowest BCUT2D eigenvalue weighted by atomic mass is 10.0. The van der Waals surface area contributed by atoms with Crippen molar-refractivity contribution in [3.05, 3.63) is 81.1 Å². The molecule has 0 radical (unpaired) electrons. The summed E-state index contributed by atoms with van der Waals surface area (Å²) in [5.41, 5.74) is 4.97. The van der Waals surface area contributed by atoms with E-state index in [-0.39, 0.29) is 17.7 Å². The summed E-state index contributed by atoms with van der Waals surface area (Å²) in [7, 11) is 0. The highest BCUT2D eigenvalue weighted by molar-refractivity contribution is 7.80. The van der Waals surface area contributed by atoms with E-state index in [4.69, 9.17) is 17.0 Å². The average Bonchev–Trinajstić information content (AvgIpc) is 3.27. The zero-order valence-electron chi connectivity index (χ0n) is 19.0. The predicted molar refractivity (Wildman–Crippen MR) is 134 cm³/mol. The monoisotopic (exact) mass is 449 g/mol. The molecule has 0 unspecified atom stereocenters. The molecule has 0 bridgehead atoms. The van der Waals surface area contributed by atoms with Crippen molar-refractivity contribution in [1.29, 1.82) is 0 Å². The first kappa shape index (κ1) is 22.5. The van der Waals surface area contributed by atoms with Crippen LogP contribution >= 0.6 is 12.2 Å². The van der Waals surface area contributed by atoms with Crippen molar-refractivity contribution in [2.75, 3.05) is 13.2 Å². The van der Waals surface area contributed by atoms with Crippen LogP contribution in [0.1, 0.15) is 48.1 Å². The molecule has 2 N–H and O–H groups in total. The van der Waals surface area contributed by atoms with E-state index in [0.29, 0.717) is 23.8 Å². The standard InChI is InChI=1S/C26H31N3O2S/c1-17-12-18(2)23-14-21(25(30)28-24(23)13-17)15-29(16-22-10-7-11-31-22)26(32)27-19(3)20-8-5-4-6-9-20/h4-6,8-9,12-14,19,22H,7,10-11,15-16H2,1-3H3,(H,27,32)(H,28,30)/t19-,22+/m1/s1. The molecule has 2 atom stereocenters. The maximum absolute atomic E-state index is 12.9. The lowest BCUT2D eigenvalue weighted by Gasteiger charge is -2.30. The Balaban J connectivity index is 1.59. The van der Waals surface area contributed by atoms with Gasteiger partial charge in [0.2, 0.25) is 0 Å². The van der Waals surface area contributed by atoms with E-state index in [1.165, 1.54) is 5.56 Å². The van der Waals surface area contributed by atoms with Gasteiger partial charge in [0.15, 0.2) is 5.11 Å².